The van der Waals surface area contributed by atoms with E-state index in [2.05, 4.69) is 28.2 Å². The van der Waals surface area contributed by atoms with Crippen LogP contribution in [0.5, 0.6) is 5.75 Å². The number of benzene rings is 1. The van der Waals surface area contributed by atoms with Gasteiger partial charge in [-0.25, -0.2) is 9.78 Å². The second-order valence-corrected chi connectivity index (χ2v) is 5.77. The molecule has 2 aromatic rings. The van der Waals surface area contributed by atoms with E-state index < -0.39 is 0 Å². The summed E-state index contributed by atoms with van der Waals surface area (Å²) in [5, 5.41) is 2.78. The zero-order chi connectivity index (χ0) is 16.9. The smallest absolute Gasteiger partial charge is 0.322 e. The molecule has 6 nitrogen and oxygen atoms in total. The Morgan fingerprint density at radius 2 is 2.12 bits per heavy atom. The summed E-state index contributed by atoms with van der Waals surface area (Å²) in [7, 11) is 1.76. The minimum Gasteiger partial charge on any atom is -0.485 e. The number of nitrogens with zero attached hydrogens (tertiary/aromatic N) is 3. The van der Waals surface area contributed by atoms with E-state index in [4.69, 9.17) is 4.74 Å². The molecule has 0 unspecified atom stereocenters. The molecule has 24 heavy (non-hydrogen) atoms. The Bertz CT molecular complexity index is 692. The fourth-order valence-electron chi connectivity index (χ4n) is 2.80. The summed E-state index contributed by atoms with van der Waals surface area (Å²) in [5.74, 6) is 1.41. The fourth-order valence-corrected chi connectivity index (χ4v) is 2.80. The van der Waals surface area contributed by atoms with Gasteiger partial charge in [0.2, 0.25) is 0 Å². The third-order valence-electron chi connectivity index (χ3n) is 4.03. The van der Waals surface area contributed by atoms with Gasteiger partial charge >= 0.3 is 6.03 Å². The summed E-state index contributed by atoms with van der Waals surface area (Å²) in [4.78, 5) is 20.3. The number of aromatic nitrogens is 1. The third-order valence-corrected chi connectivity index (χ3v) is 4.03. The van der Waals surface area contributed by atoms with Crippen LogP contribution in [-0.4, -0.2) is 48.7 Å². The van der Waals surface area contributed by atoms with Gasteiger partial charge in [-0.05, 0) is 31.2 Å². The number of anilines is 2. The Kier molecular flexibility index (Phi) is 4.84. The lowest BCUT2D eigenvalue weighted by Gasteiger charge is -2.37. The van der Waals surface area contributed by atoms with Gasteiger partial charge in [-0.3, -0.25) is 5.32 Å². The predicted octanol–water partition coefficient (Wildman–Crippen LogP) is 2.83. The van der Waals surface area contributed by atoms with E-state index in [1.807, 2.05) is 30.3 Å². The maximum absolute atomic E-state index is 12.3. The number of hydrogen-bond donors (Lipinski definition) is 1. The molecule has 1 aromatic heterocycles. The third kappa shape index (κ3) is 3.59. The highest BCUT2D eigenvalue weighted by atomic mass is 16.5. The molecule has 0 fully saturated rings. The minimum atomic E-state index is -0.195. The molecule has 2 amide bonds. The highest BCUT2D eigenvalue weighted by molar-refractivity contribution is 5.88. The molecule has 126 valence electrons. The summed E-state index contributed by atoms with van der Waals surface area (Å²) in [6, 6.07) is 13.2. The molecule has 0 saturated heterocycles. The number of urea groups is 1. The van der Waals surface area contributed by atoms with Gasteiger partial charge in [0.25, 0.3) is 0 Å². The average Bonchev–Trinajstić information content (AvgIpc) is 2.61. The Balaban J connectivity index is 1.62. The summed E-state index contributed by atoms with van der Waals surface area (Å²) >= 11 is 0. The molecule has 0 radical (unpaired) electrons. The van der Waals surface area contributed by atoms with Gasteiger partial charge in [0, 0.05) is 19.8 Å². The number of likely N-dealkylation sites (N-methyl/N-ethyl adjacent to an activating group) is 2. The molecule has 0 spiro atoms. The molecule has 3 rings (SSSR count). The van der Waals surface area contributed by atoms with Crippen LogP contribution >= 0.6 is 0 Å². The van der Waals surface area contributed by atoms with Gasteiger partial charge in [0.1, 0.15) is 17.7 Å². The lowest BCUT2D eigenvalue weighted by atomic mass is 10.2. The number of pyridine rings is 1. The Morgan fingerprint density at radius 1 is 1.33 bits per heavy atom. The van der Waals surface area contributed by atoms with Crippen molar-refractivity contribution in [2.45, 2.75) is 13.0 Å². The van der Waals surface area contributed by atoms with Gasteiger partial charge in [-0.2, -0.15) is 0 Å². The second kappa shape index (κ2) is 7.21. The predicted molar refractivity (Wildman–Crippen MR) is 94.6 cm³/mol. The van der Waals surface area contributed by atoms with Gasteiger partial charge < -0.3 is 14.5 Å². The molecule has 1 aliphatic heterocycles. The highest BCUT2D eigenvalue weighted by Gasteiger charge is 2.26. The normalized spacial score (nSPS) is 16.1. The van der Waals surface area contributed by atoms with Crippen molar-refractivity contribution in [3.63, 3.8) is 0 Å². The van der Waals surface area contributed by atoms with Crippen molar-refractivity contribution in [1.29, 1.82) is 0 Å². The topological polar surface area (TPSA) is 57.7 Å². The molecule has 1 aromatic carbocycles. The standard InChI is InChI=1S/C18H22N4O2/c1-3-22-13-14(24-16-9-5-4-8-15(16)22)12-21(2)18(23)20-17-10-6-7-11-19-17/h4-11,14H,3,12-13H2,1-2H3,(H,19,20,23)/t14-/m1/s1. The molecule has 0 saturated carbocycles. The zero-order valence-corrected chi connectivity index (χ0v) is 14.0. The van der Waals surface area contributed by atoms with Crippen LogP contribution < -0.4 is 15.0 Å². The molecule has 0 bridgehead atoms. The first-order chi connectivity index (χ1) is 11.7. The number of hydrogen-bond acceptors (Lipinski definition) is 4. The fraction of sp³-hybridized carbons (Fsp3) is 0.333. The van der Waals surface area contributed by atoms with Crippen LogP contribution in [0.25, 0.3) is 0 Å². The van der Waals surface area contributed by atoms with E-state index >= 15 is 0 Å². The van der Waals surface area contributed by atoms with Crippen LogP contribution in [0.2, 0.25) is 0 Å². The monoisotopic (exact) mass is 326 g/mol. The second-order valence-electron chi connectivity index (χ2n) is 5.77. The Labute approximate surface area is 142 Å². The minimum absolute atomic E-state index is 0.0701. The number of rotatable bonds is 4. The van der Waals surface area contributed by atoms with Crippen molar-refractivity contribution < 1.29 is 9.53 Å². The number of para-hydroxylation sites is 2. The Morgan fingerprint density at radius 3 is 2.88 bits per heavy atom. The van der Waals surface area contributed by atoms with Crippen molar-refractivity contribution in [3.05, 3.63) is 48.7 Å². The lowest BCUT2D eigenvalue weighted by molar-refractivity contribution is 0.150. The molecule has 1 N–H and O–H groups in total. The SMILES string of the molecule is CCN1C[C@@H](CN(C)C(=O)Nc2ccccn2)Oc2ccccc21. The van der Waals surface area contributed by atoms with Crippen LogP contribution in [-0.2, 0) is 0 Å². The Hall–Kier alpha value is -2.76. The van der Waals surface area contributed by atoms with Gasteiger partial charge in [-0.1, -0.05) is 18.2 Å². The molecule has 1 atom stereocenters. The number of carbonyl (C=O) groups excluding carboxylic acids is 1. The molecule has 2 heterocycles. The largest absolute Gasteiger partial charge is 0.485 e. The highest BCUT2D eigenvalue weighted by Crippen LogP contribution is 2.32. The molecule has 0 aliphatic carbocycles. The van der Waals surface area contributed by atoms with E-state index in [-0.39, 0.29) is 12.1 Å². The van der Waals surface area contributed by atoms with Crippen molar-refractivity contribution in [1.82, 2.24) is 9.88 Å². The van der Waals surface area contributed by atoms with E-state index in [1.54, 1.807) is 24.2 Å². The number of amides is 2. The van der Waals surface area contributed by atoms with Gasteiger partial charge in [0.15, 0.2) is 0 Å². The van der Waals surface area contributed by atoms with Crippen molar-refractivity contribution in [3.8, 4) is 5.75 Å². The van der Waals surface area contributed by atoms with Gasteiger partial charge in [-0.15, -0.1) is 0 Å². The van der Waals surface area contributed by atoms with Crippen LogP contribution in [0.1, 0.15) is 6.92 Å². The molecule has 6 heteroatoms. The maximum atomic E-state index is 12.3. The van der Waals surface area contributed by atoms with E-state index in [1.165, 1.54) is 0 Å². The summed E-state index contributed by atoms with van der Waals surface area (Å²) in [5.41, 5.74) is 1.11. The first kappa shape index (κ1) is 16.1. The molecular formula is C18H22N4O2. The number of fused-ring (bicyclic) bond motifs is 1. The van der Waals surface area contributed by atoms with Crippen molar-refractivity contribution in [2.75, 3.05) is 36.9 Å². The van der Waals surface area contributed by atoms with Crippen LogP contribution in [0.4, 0.5) is 16.3 Å². The number of carbonyl (C=O) groups is 1. The van der Waals surface area contributed by atoms with E-state index in [9.17, 15) is 4.79 Å². The van der Waals surface area contributed by atoms with E-state index in [0.717, 1.165) is 24.5 Å². The number of ether oxygens (including phenoxy) is 1. The first-order valence-corrected chi connectivity index (χ1v) is 8.11. The summed E-state index contributed by atoms with van der Waals surface area (Å²) in [6.07, 6.45) is 1.58. The van der Waals surface area contributed by atoms with Crippen LogP contribution in [0, 0.1) is 0 Å². The van der Waals surface area contributed by atoms with Crippen LogP contribution in [0.3, 0.4) is 0 Å². The zero-order valence-electron chi connectivity index (χ0n) is 14.0. The van der Waals surface area contributed by atoms with Crippen LogP contribution in [0.15, 0.2) is 48.7 Å². The lowest BCUT2D eigenvalue weighted by Crippen LogP contribution is -2.47. The van der Waals surface area contributed by atoms with E-state index in [0.29, 0.717) is 12.4 Å². The molecular weight excluding hydrogens is 304 g/mol. The van der Waals surface area contributed by atoms with Crippen molar-refractivity contribution >= 4 is 17.5 Å². The van der Waals surface area contributed by atoms with Gasteiger partial charge in [0.05, 0.1) is 18.8 Å². The van der Waals surface area contributed by atoms with Crippen molar-refractivity contribution in [2.24, 2.45) is 0 Å². The quantitative estimate of drug-likeness (QED) is 0.939. The summed E-state index contributed by atoms with van der Waals surface area (Å²) < 4.78 is 6.06. The first-order valence-electron chi connectivity index (χ1n) is 8.11. The maximum Gasteiger partial charge on any atom is 0.322 e. The average molecular weight is 326 g/mol. The molecule has 1 aliphatic rings. The summed E-state index contributed by atoms with van der Waals surface area (Å²) in [6.45, 7) is 4.29. The number of nitrogens with one attached hydrogen (secondary N) is 1.